The van der Waals surface area contributed by atoms with Gasteiger partial charge < -0.3 is 5.73 Å². The molecule has 96 valence electrons. The second-order valence-electron chi connectivity index (χ2n) is 4.60. The molecule has 0 spiro atoms. The molecule has 1 atom stereocenters. The molecule has 2 rings (SSSR count). The van der Waals surface area contributed by atoms with Crippen LogP contribution in [0.25, 0.3) is 0 Å². The molecule has 17 heavy (non-hydrogen) atoms. The highest BCUT2D eigenvalue weighted by atomic mass is 79.9. The number of likely N-dealkylation sites (tertiary alicyclic amines) is 1. The minimum Gasteiger partial charge on any atom is -0.328 e. The average Bonchev–Trinajstić information content (AvgIpc) is 2.29. The highest BCUT2D eigenvalue weighted by molar-refractivity contribution is 9.10. The summed E-state index contributed by atoms with van der Waals surface area (Å²) in [5.41, 5.74) is 7.31. The summed E-state index contributed by atoms with van der Waals surface area (Å²) >= 11 is 3.53. The monoisotopic (exact) mass is 318 g/mol. The van der Waals surface area contributed by atoms with E-state index in [9.17, 15) is 0 Å². The normalized spacial score (nSPS) is 19.7. The molecule has 0 aromatic heterocycles. The zero-order valence-corrected chi connectivity index (χ0v) is 12.5. The molecular formula is C13H20BrClN2. The Morgan fingerprint density at radius 3 is 2.59 bits per heavy atom. The van der Waals surface area contributed by atoms with E-state index >= 15 is 0 Å². The third-order valence-corrected chi connectivity index (χ3v) is 3.95. The smallest absolute Gasteiger partial charge is 0.0320 e. The van der Waals surface area contributed by atoms with Crippen molar-refractivity contribution in [3.8, 4) is 0 Å². The summed E-state index contributed by atoms with van der Waals surface area (Å²) in [6.07, 6.45) is 2.25. The van der Waals surface area contributed by atoms with E-state index in [1.165, 1.54) is 5.56 Å². The lowest BCUT2D eigenvalue weighted by molar-refractivity contribution is 0.163. The Hall–Kier alpha value is -0.0900. The lowest BCUT2D eigenvalue weighted by Gasteiger charge is -2.35. The van der Waals surface area contributed by atoms with Crippen molar-refractivity contribution in [3.05, 3.63) is 34.3 Å². The molecule has 0 aliphatic carbocycles. The first kappa shape index (κ1) is 15.0. The van der Waals surface area contributed by atoms with E-state index in [-0.39, 0.29) is 12.4 Å². The van der Waals surface area contributed by atoms with Crippen LogP contribution in [0.15, 0.2) is 28.7 Å². The highest BCUT2D eigenvalue weighted by Crippen LogP contribution is 2.25. The summed E-state index contributed by atoms with van der Waals surface area (Å²) in [7, 11) is 0. The molecule has 1 aromatic rings. The molecule has 0 radical (unpaired) electrons. The largest absolute Gasteiger partial charge is 0.328 e. The van der Waals surface area contributed by atoms with Crippen LogP contribution in [0.3, 0.4) is 0 Å². The molecule has 2 N–H and O–H groups in total. The molecule has 1 aromatic carbocycles. The minimum atomic E-state index is 0. The van der Waals surface area contributed by atoms with Gasteiger partial charge in [0.2, 0.25) is 0 Å². The van der Waals surface area contributed by atoms with Crippen molar-refractivity contribution < 1.29 is 0 Å². The SMILES string of the molecule is CC(c1cccc(Br)c1)N1CCC(N)CC1.Cl. The van der Waals surface area contributed by atoms with E-state index in [2.05, 4.69) is 52.0 Å². The first-order valence-corrected chi connectivity index (χ1v) is 6.71. The Labute approximate surface area is 118 Å². The molecular weight excluding hydrogens is 300 g/mol. The van der Waals surface area contributed by atoms with Crippen LogP contribution in [0.2, 0.25) is 0 Å². The Morgan fingerprint density at radius 1 is 1.35 bits per heavy atom. The topological polar surface area (TPSA) is 29.3 Å². The van der Waals surface area contributed by atoms with Crippen LogP contribution in [0.1, 0.15) is 31.4 Å². The number of hydrogen-bond donors (Lipinski definition) is 1. The molecule has 1 aliphatic rings. The van der Waals surface area contributed by atoms with Crippen molar-refractivity contribution in [2.24, 2.45) is 5.73 Å². The lowest BCUT2D eigenvalue weighted by Crippen LogP contribution is -2.40. The number of benzene rings is 1. The average molecular weight is 320 g/mol. The minimum absolute atomic E-state index is 0. The molecule has 0 amide bonds. The summed E-state index contributed by atoms with van der Waals surface area (Å²) in [5, 5.41) is 0. The van der Waals surface area contributed by atoms with Crippen molar-refractivity contribution >= 4 is 28.3 Å². The maximum Gasteiger partial charge on any atom is 0.0320 e. The molecule has 2 nitrogen and oxygen atoms in total. The van der Waals surface area contributed by atoms with Gasteiger partial charge in [-0.3, -0.25) is 4.90 Å². The molecule has 1 heterocycles. The molecule has 1 aliphatic heterocycles. The standard InChI is InChI=1S/C13H19BrN2.ClH/c1-10(11-3-2-4-12(14)9-11)16-7-5-13(15)6-8-16;/h2-4,9-10,13H,5-8,15H2,1H3;1H. The van der Waals surface area contributed by atoms with Gasteiger partial charge in [0.15, 0.2) is 0 Å². The number of halogens is 2. The summed E-state index contributed by atoms with van der Waals surface area (Å²) in [4.78, 5) is 2.52. The Balaban J connectivity index is 0.00000144. The second-order valence-corrected chi connectivity index (χ2v) is 5.52. The van der Waals surface area contributed by atoms with Crippen molar-refractivity contribution in [3.63, 3.8) is 0 Å². The lowest BCUT2D eigenvalue weighted by atomic mass is 10.0. The molecule has 0 bridgehead atoms. The molecule has 1 saturated heterocycles. The van der Waals surface area contributed by atoms with Crippen molar-refractivity contribution in [2.75, 3.05) is 13.1 Å². The zero-order chi connectivity index (χ0) is 11.5. The Kier molecular flexibility index (Phi) is 5.93. The van der Waals surface area contributed by atoms with Crippen LogP contribution in [0.5, 0.6) is 0 Å². The summed E-state index contributed by atoms with van der Waals surface area (Å²) < 4.78 is 1.16. The van der Waals surface area contributed by atoms with Crippen molar-refractivity contribution in [1.29, 1.82) is 0 Å². The van der Waals surface area contributed by atoms with Gasteiger partial charge in [-0.15, -0.1) is 12.4 Å². The maximum absolute atomic E-state index is 5.93. The molecule has 1 fully saturated rings. The van der Waals surface area contributed by atoms with Crippen LogP contribution in [0, 0.1) is 0 Å². The number of rotatable bonds is 2. The van der Waals surface area contributed by atoms with Crippen molar-refractivity contribution in [2.45, 2.75) is 31.8 Å². The quantitative estimate of drug-likeness (QED) is 0.906. The molecule has 1 unspecified atom stereocenters. The van der Waals surface area contributed by atoms with Crippen LogP contribution >= 0.6 is 28.3 Å². The Bertz CT molecular complexity index is 351. The maximum atomic E-state index is 5.93. The zero-order valence-electron chi connectivity index (χ0n) is 10.1. The summed E-state index contributed by atoms with van der Waals surface area (Å²) in [6.45, 7) is 4.52. The van der Waals surface area contributed by atoms with Gasteiger partial charge in [0, 0.05) is 29.6 Å². The van der Waals surface area contributed by atoms with Crippen LogP contribution in [-0.4, -0.2) is 24.0 Å². The Morgan fingerprint density at radius 2 is 2.00 bits per heavy atom. The number of hydrogen-bond acceptors (Lipinski definition) is 2. The third kappa shape index (κ3) is 3.95. The van der Waals surface area contributed by atoms with Gasteiger partial charge in [-0.05, 0) is 37.5 Å². The first-order valence-electron chi connectivity index (χ1n) is 5.92. The van der Waals surface area contributed by atoms with Crippen molar-refractivity contribution in [1.82, 2.24) is 4.90 Å². The number of nitrogens with two attached hydrogens (primary N) is 1. The predicted octanol–water partition coefficient (Wildman–Crippen LogP) is 3.36. The fourth-order valence-corrected chi connectivity index (χ4v) is 2.70. The number of piperidine rings is 1. The van der Waals surface area contributed by atoms with Crippen LogP contribution in [0.4, 0.5) is 0 Å². The van der Waals surface area contributed by atoms with E-state index in [0.717, 1.165) is 30.4 Å². The predicted molar refractivity (Wildman–Crippen MR) is 78.6 cm³/mol. The molecule has 0 saturated carbocycles. The van der Waals surface area contributed by atoms with Crippen LogP contribution in [-0.2, 0) is 0 Å². The van der Waals surface area contributed by atoms with Gasteiger partial charge in [0.05, 0.1) is 0 Å². The van der Waals surface area contributed by atoms with Gasteiger partial charge in [0.25, 0.3) is 0 Å². The first-order chi connectivity index (χ1) is 7.66. The van der Waals surface area contributed by atoms with E-state index < -0.39 is 0 Å². The van der Waals surface area contributed by atoms with E-state index in [4.69, 9.17) is 5.73 Å². The van der Waals surface area contributed by atoms with Gasteiger partial charge in [-0.1, -0.05) is 28.1 Å². The van der Waals surface area contributed by atoms with E-state index in [1.807, 2.05) is 0 Å². The van der Waals surface area contributed by atoms with Gasteiger partial charge >= 0.3 is 0 Å². The van der Waals surface area contributed by atoms with Gasteiger partial charge in [-0.25, -0.2) is 0 Å². The third-order valence-electron chi connectivity index (χ3n) is 3.45. The fraction of sp³-hybridized carbons (Fsp3) is 0.538. The van der Waals surface area contributed by atoms with E-state index in [1.54, 1.807) is 0 Å². The van der Waals surface area contributed by atoms with Gasteiger partial charge in [0.1, 0.15) is 0 Å². The van der Waals surface area contributed by atoms with E-state index in [0.29, 0.717) is 12.1 Å². The highest BCUT2D eigenvalue weighted by Gasteiger charge is 2.21. The second kappa shape index (κ2) is 6.74. The summed E-state index contributed by atoms with van der Waals surface area (Å²) in [5.74, 6) is 0. The van der Waals surface area contributed by atoms with Gasteiger partial charge in [-0.2, -0.15) is 0 Å². The summed E-state index contributed by atoms with van der Waals surface area (Å²) in [6, 6.07) is 9.48. The fourth-order valence-electron chi connectivity index (χ4n) is 2.28. The number of nitrogens with zero attached hydrogens (tertiary/aromatic N) is 1. The molecule has 4 heteroatoms. The van der Waals surface area contributed by atoms with Crippen LogP contribution < -0.4 is 5.73 Å².